The molecule has 0 aromatic heterocycles. The van der Waals surface area contributed by atoms with Crippen molar-refractivity contribution in [2.45, 2.75) is 13.8 Å². The summed E-state index contributed by atoms with van der Waals surface area (Å²) in [7, 11) is 0. The maximum atomic E-state index is 10.5. The van der Waals surface area contributed by atoms with Crippen molar-refractivity contribution in [1.29, 1.82) is 0 Å². The first kappa shape index (κ1) is 19.0. The molecule has 0 bridgehead atoms. The van der Waals surface area contributed by atoms with Crippen LogP contribution < -0.4 is 34.1 Å². The summed E-state index contributed by atoms with van der Waals surface area (Å²) in [4.78, 5) is 10.0. The Morgan fingerprint density at radius 1 is 1.26 bits per heavy atom. The van der Waals surface area contributed by atoms with Crippen LogP contribution in [0.25, 0.3) is 0 Å². The van der Waals surface area contributed by atoms with Crippen LogP contribution in [0, 0.1) is 10.1 Å². The van der Waals surface area contributed by atoms with Gasteiger partial charge in [-0.05, 0) is 26.0 Å². The third-order valence-electron chi connectivity index (χ3n) is 1.84. The number of rotatable bonds is 7. The Morgan fingerprint density at radius 2 is 1.74 bits per heavy atom. The molecule has 0 spiro atoms. The molecule has 0 atom stereocenters. The zero-order chi connectivity index (χ0) is 13.6. The molecule has 0 aliphatic rings. The van der Waals surface area contributed by atoms with Gasteiger partial charge in [-0.1, -0.05) is 0 Å². The summed E-state index contributed by atoms with van der Waals surface area (Å²) < 4.78 is 16.1. The van der Waals surface area contributed by atoms with E-state index in [1.807, 2.05) is 0 Å². The number of non-ortho nitro benzene ring substituents is 1. The van der Waals surface area contributed by atoms with E-state index in [9.17, 15) is 10.1 Å². The van der Waals surface area contributed by atoms with Crippen LogP contribution in [0.3, 0.4) is 0 Å². The van der Waals surface area contributed by atoms with Gasteiger partial charge in [0.1, 0.15) is 5.75 Å². The van der Waals surface area contributed by atoms with Crippen LogP contribution in [0.5, 0.6) is 5.75 Å². The second-order valence-electron chi connectivity index (χ2n) is 3.13. The molecule has 0 aliphatic heterocycles. The van der Waals surface area contributed by atoms with Crippen LogP contribution >= 0.6 is 6.72 Å². The van der Waals surface area contributed by atoms with E-state index in [-0.39, 0.29) is 36.7 Å². The van der Waals surface area contributed by atoms with E-state index in [0.717, 1.165) is 0 Å². The quantitative estimate of drug-likeness (QED) is 0.314. The van der Waals surface area contributed by atoms with Crippen molar-refractivity contribution in [2.24, 2.45) is 0 Å². The van der Waals surface area contributed by atoms with Crippen molar-refractivity contribution < 1.29 is 49.5 Å². The molecule has 0 amide bonds. The summed E-state index contributed by atoms with van der Waals surface area (Å²) >= 11 is 5.18. The third-order valence-corrected chi connectivity index (χ3v) is 4.28. The minimum Gasteiger partial charge on any atom is -1.00 e. The molecule has 0 N–H and O–H groups in total. The summed E-state index contributed by atoms with van der Waals surface area (Å²) in [5, 5.41) is 10.5. The van der Waals surface area contributed by atoms with Gasteiger partial charge < -0.3 is 5.95 Å². The first-order valence-electron chi connectivity index (χ1n) is 5.34. The van der Waals surface area contributed by atoms with E-state index in [2.05, 4.69) is 0 Å². The van der Waals surface area contributed by atoms with E-state index in [1.165, 1.54) is 24.3 Å². The van der Waals surface area contributed by atoms with Gasteiger partial charge in [-0.3, -0.25) is 19.2 Å². The van der Waals surface area contributed by atoms with Crippen molar-refractivity contribution in [3.8, 4) is 5.75 Å². The number of hydrogen-bond donors (Lipinski definition) is 0. The van der Waals surface area contributed by atoms with E-state index >= 15 is 0 Å². The normalized spacial score (nSPS) is 10.6. The minimum absolute atomic E-state index is 0. The number of benzene rings is 1. The van der Waals surface area contributed by atoms with Crippen LogP contribution in [-0.4, -0.2) is 18.1 Å². The van der Waals surface area contributed by atoms with Gasteiger partial charge >= 0.3 is 36.3 Å². The van der Waals surface area contributed by atoms with Crippen LogP contribution in [-0.2, 0) is 20.9 Å². The van der Waals surface area contributed by atoms with Crippen molar-refractivity contribution in [2.75, 3.05) is 13.2 Å². The average molecular weight is 315 g/mol. The van der Waals surface area contributed by atoms with Crippen molar-refractivity contribution in [3.05, 3.63) is 34.4 Å². The molecule has 19 heavy (non-hydrogen) atoms. The average Bonchev–Trinajstić information content (AvgIpc) is 2.30. The molecule has 0 heterocycles. The zero-order valence-corrected chi connectivity index (χ0v) is 14.8. The number of nitro groups is 1. The summed E-state index contributed by atoms with van der Waals surface area (Å²) in [6.45, 7) is 1.52. The van der Waals surface area contributed by atoms with Crippen LogP contribution in [0.1, 0.15) is 15.3 Å². The Hall–Kier alpha value is -0.0100. The van der Waals surface area contributed by atoms with Gasteiger partial charge in [0.05, 0.1) is 18.1 Å². The Kier molecular flexibility index (Phi) is 9.02. The molecule has 0 radical (unpaired) electrons. The van der Waals surface area contributed by atoms with Crippen molar-refractivity contribution in [1.82, 2.24) is 0 Å². The Labute approximate surface area is 140 Å². The largest absolute Gasteiger partial charge is 1.00 e. The van der Waals surface area contributed by atoms with E-state index < -0.39 is 11.6 Å². The third kappa shape index (κ3) is 6.31. The molecule has 0 fully saturated rings. The van der Waals surface area contributed by atoms with Crippen LogP contribution in [0.2, 0.25) is 0 Å². The molecule has 0 saturated carbocycles. The monoisotopic (exact) mass is 315 g/mol. The topological polar surface area (TPSA) is 70.8 Å². The zero-order valence-electron chi connectivity index (χ0n) is 12.1. The number of nitrogens with zero attached hydrogens (tertiary/aromatic N) is 1. The van der Waals surface area contributed by atoms with E-state index in [0.29, 0.717) is 19.0 Å². The SMILES string of the molecule is CCOP(=S)(OCC)Oc1ccc([N+](=O)[O-])cc1.[H-].[Na+]. The molecule has 102 valence electrons. The van der Waals surface area contributed by atoms with Crippen LogP contribution in [0.15, 0.2) is 24.3 Å². The first-order valence-corrected chi connectivity index (χ1v) is 7.89. The number of hydrogen-bond acceptors (Lipinski definition) is 6. The summed E-state index contributed by atoms with van der Waals surface area (Å²) in [5.74, 6) is 0.394. The summed E-state index contributed by atoms with van der Waals surface area (Å²) in [6.07, 6.45) is 0. The summed E-state index contributed by atoms with van der Waals surface area (Å²) in [5.41, 5.74) is -0.0107. The van der Waals surface area contributed by atoms with E-state index in [1.54, 1.807) is 13.8 Å². The molecule has 0 aliphatic carbocycles. The van der Waals surface area contributed by atoms with Gasteiger partial charge in [0, 0.05) is 23.9 Å². The molecule has 1 aromatic rings. The Balaban J connectivity index is 0. The second kappa shape index (κ2) is 9.02. The van der Waals surface area contributed by atoms with Crippen molar-refractivity contribution >= 4 is 24.2 Å². The molecule has 9 heteroatoms. The predicted octanol–water partition coefficient (Wildman–Crippen LogP) is 0.388. The summed E-state index contributed by atoms with van der Waals surface area (Å²) in [6, 6.07) is 5.62. The van der Waals surface area contributed by atoms with Gasteiger partial charge in [-0.2, -0.15) is 0 Å². The molecular weight excluding hydrogens is 300 g/mol. The molecule has 0 saturated heterocycles. The molecule has 1 aromatic carbocycles. The number of nitro benzene ring substituents is 1. The van der Waals surface area contributed by atoms with Gasteiger partial charge in [-0.25, -0.2) is 0 Å². The van der Waals surface area contributed by atoms with Crippen LogP contribution in [0.4, 0.5) is 5.69 Å². The fourth-order valence-corrected chi connectivity index (χ4v) is 3.25. The molecular formula is C10H15NNaO5PS. The van der Waals surface area contributed by atoms with E-state index in [4.69, 9.17) is 25.4 Å². The van der Waals surface area contributed by atoms with Gasteiger partial charge in [0.2, 0.25) is 0 Å². The molecule has 1 rings (SSSR count). The standard InChI is InChI=1S/C10H14NO5PS.Na.H/c1-3-14-17(18,15-4-2)16-10-7-5-9(6-8-10)11(12)13;;/h5-8H,3-4H2,1-2H3;;/q;+1;-1. The first-order chi connectivity index (χ1) is 8.50. The smallest absolute Gasteiger partial charge is 1.00 e. The van der Waals surface area contributed by atoms with Crippen molar-refractivity contribution in [3.63, 3.8) is 0 Å². The maximum Gasteiger partial charge on any atom is 1.00 e. The van der Waals surface area contributed by atoms with Gasteiger partial charge in [-0.15, -0.1) is 0 Å². The Morgan fingerprint density at radius 3 is 2.11 bits per heavy atom. The predicted molar refractivity (Wildman–Crippen MR) is 72.4 cm³/mol. The minimum atomic E-state index is -2.82. The molecule has 6 nitrogen and oxygen atoms in total. The Bertz CT molecular complexity index is 451. The maximum absolute atomic E-state index is 10.5. The van der Waals surface area contributed by atoms with Gasteiger partial charge in [0.15, 0.2) is 0 Å². The fraction of sp³-hybridized carbons (Fsp3) is 0.400. The second-order valence-corrected chi connectivity index (χ2v) is 6.06. The molecule has 0 unspecified atom stereocenters. The fourth-order valence-electron chi connectivity index (χ4n) is 1.16. The van der Waals surface area contributed by atoms with Gasteiger partial charge in [0.25, 0.3) is 5.69 Å².